The Hall–Kier alpha value is -0.320. The predicted molar refractivity (Wildman–Crippen MR) is 144 cm³/mol. The fourth-order valence-electron chi connectivity index (χ4n) is 7.19. The Morgan fingerprint density at radius 2 is 0.947 bits per heavy atom. The van der Waals surface area contributed by atoms with Crippen LogP contribution in [0.5, 0.6) is 0 Å². The zero-order valence-corrected chi connectivity index (χ0v) is 25.0. The van der Waals surface area contributed by atoms with Gasteiger partial charge in [-0.15, -0.1) is 0 Å². The Kier molecular flexibility index (Phi) is 8.22. The van der Waals surface area contributed by atoms with E-state index in [9.17, 15) is 20.4 Å². The molecule has 4 heterocycles. The lowest BCUT2D eigenvalue weighted by molar-refractivity contribution is -0.196. The Morgan fingerprint density at radius 3 is 1.24 bits per heavy atom. The average molecular weight is 543 g/mol. The van der Waals surface area contributed by atoms with Gasteiger partial charge in [-0.1, -0.05) is 0 Å². The average Bonchev–Trinajstić information content (AvgIpc) is 3.58. The summed E-state index contributed by atoms with van der Waals surface area (Å²) in [4.78, 5) is 0. The van der Waals surface area contributed by atoms with Crippen LogP contribution in [0, 0.1) is 0 Å². The topological polar surface area (TPSA) is 118 Å². The van der Waals surface area contributed by atoms with Crippen LogP contribution >= 0.6 is 0 Å². The molecular formula is C30H54O8. The Bertz CT molecular complexity index is 769. The number of ether oxygens (including phenoxy) is 4. The van der Waals surface area contributed by atoms with Gasteiger partial charge in [0.15, 0.2) is 0 Å². The van der Waals surface area contributed by atoms with Crippen LogP contribution in [0.1, 0.15) is 120 Å². The van der Waals surface area contributed by atoms with E-state index in [2.05, 4.69) is 13.8 Å². The maximum absolute atomic E-state index is 11.2. The maximum atomic E-state index is 11.2. The molecule has 0 aliphatic carbocycles. The molecule has 0 unspecified atom stereocenters. The van der Waals surface area contributed by atoms with E-state index in [1.165, 1.54) is 0 Å². The van der Waals surface area contributed by atoms with E-state index < -0.39 is 45.8 Å². The highest BCUT2D eigenvalue weighted by Crippen LogP contribution is 2.48. The van der Waals surface area contributed by atoms with Crippen LogP contribution in [0.3, 0.4) is 0 Å². The monoisotopic (exact) mass is 542 g/mol. The Labute approximate surface area is 229 Å². The van der Waals surface area contributed by atoms with Gasteiger partial charge < -0.3 is 39.4 Å². The van der Waals surface area contributed by atoms with Crippen LogP contribution < -0.4 is 0 Å². The molecule has 0 aromatic rings. The molecule has 0 amide bonds. The summed E-state index contributed by atoms with van der Waals surface area (Å²) in [6, 6.07) is 0. The standard InChI is InChI=1S/C30H54O8/c1-25(2,33)21-11-17-29(7,35-21)23-13-15-27(5,37-23)19(31)9-10-20(32)28(6)16-14-24(38-28)30(8)18-12-22(36-30)26(3,4)34/h19-24,31-34H,9-18H2,1-8H3/t19-,20-,21-,22-,23-,24-,27+,28+,29+,30+/m1/s1. The third kappa shape index (κ3) is 5.98. The highest BCUT2D eigenvalue weighted by molar-refractivity contribution is 5.04. The summed E-state index contributed by atoms with van der Waals surface area (Å²) in [6.07, 6.45) is 4.85. The Balaban J connectivity index is 1.29. The fraction of sp³-hybridized carbons (Fsp3) is 1.00. The molecule has 0 bridgehead atoms. The number of aliphatic hydroxyl groups is 4. The molecule has 0 radical (unpaired) electrons. The van der Waals surface area contributed by atoms with Crippen LogP contribution in [-0.2, 0) is 18.9 Å². The number of hydrogen-bond acceptors (Lipinski definition) is 8. The van der Waals surface area contributed by atoms with E-state index in [1.807, 2.05) is 13.8 Å². The zero-order chi connectivity index (χ0) is 28.4. The summed E-state index contributed by atoms with van der Waals surface area (Å²) >= 11 is 0. The van der Waals surface area contributed by atoms with E-state index in [-0.39, 0.29) is 24.4 Å². The van der Waals surface area contributed by atoms with Gasteiger partial charge in [0.25, 0.3) is 0 Å². The van der Waals surface area contributed by atoms with Gasteiger partial charge in [0.2, 0.25) is 0 Å². The molecule has 4 aliphatic heterocycles. The smallest absolute Gasteiger partial charge is 0.0921 e. The number of hydrogen-bond donors (Lipinski definition) is 4. The molecule has 0 aromatic heterocycles. The summed E-state index contributed by atoms with van der Waals surface area (Å²) in [5.41, 5.74) is -4.17. The van der Waals surface area contributed by atoms with E-state index in [0.717, 1.165) is 51.4 Å². The van der Waals surface area contributed by atoms with Gasteiger partial charge in [0, 0.05) is 0 Å². The summed E-state index contributed by atoms with van der Waals surface area (Å²) in [5, 5.41) is 43.1. The molecule has 4 fully saturated rings. The first-order chi connectivity index (χ1) is 17.3. The summed E-state index contributed by atoms with van der Waals surface area (Å²) in [5.74, 6) is 0. The van der Waals surface area contributed by atoms with Crippen molar-refractivity contribution in [1.82, 2.24) is 0 Å². The van der Waals surface area contributed by atoms with Crippen molar-refractivity contribution in [2.75, 3.05) is 0 Å². The quantitative estimate of drug-likeness (QED) is 0.348. The molecule has 0 aromatic carbocycles. The van der Waals surface area contributed by atoms with Crippen molar-refractivity contribution >= 4 is 0 Å². The minimum Gasteiger partial charge on any atom is -0.390 e. The van der Waals surface area contributed by atoms with Crippen LogP contribution in [0.15, 0.2) is 0 Å². The second kappa shape index (κ2) is 10.2. The van der Waals surface area contributed by atoms with Crippen molar-refractivity contribution in [3.63, 3.8) is 0 Å². The van der Waals surface area contributed by atoms with Gasteiger partial charge in [0.1, 0.15) is 0 Å². The molecule has 222 valence electrons. The SMILES string of the molecule is CC(C)(O)[C@H]1CC[C@@](C)([C@H]2CC[C@@](C)([C@H](O)CC[C@@H](O)[C@]3(C)CC[C@H]([C@]4(C)CC[C@H](C(C)(C)O)O4)O3)O2)O1. The molecule has 10 atom stereocenters. The van der Waals surface area contributed by atoms with Crippen LogP contribution in [0.25, 0.3) is 0 Å². The van der Waals surface area contributed by atoms with Gasteiger partial charge in [-0.3, -0.25) is 0 Å². The molecule has 38 heavy (non-hydrogen) atoms. The second-order valence-electron chi connectivity index (χ2n) is 14.7. The van der Waals surface area contributed by atoms with Gasteiger partial charge in [-0.05, 0) is 120 Å². The van der Waals surface area contributed by atoms with Gasteiger partial charge in [-0.25, -0.2) is 0 Å². The van der Waals surface area contributed by atoms with Crippen molar-refractivity contribution in [1.29, 1.82) is 0 Å². The molecular weight excluding hydrogens is 488 g/mol. The highest BCUT2D eigenvalue weighted by atomic mass is 16.6. The largest absolute Gasteiger partial charge is 0.390 e. The number of rotatable bonds is 9. The van der Waals surface area contributed by atoms with Crippen LogP contribution in [0.4, 0.5) is 0 Å². The summed E-state index contributed by atoms with van der Waals surface area (Å²) in [6.45, 7) is 15.1. The minimum absolute atomic E-state index is 0.143. The lowest BCUT2D eigenvalue weighted by Gasteiger charge is -2.38. The summed E-state index contributed by atoms with van der Waals surface area (Å²) in [7, 11) is 0. The lowest BCUT2D eigenvalue weighted by Crippen LogP contribution is -2.48. The van der Waals surface area contributed by atoms with Crippen molar-refractivity contribution in [2.45, 2.75) is 190 Å². The first kappa shape index (κ1) is 30.6. The van der Waals surface area contributed by atoms with Crippen molar-refractivity contribution in [3.05, 3.63) is 0 Å². The third-order valence-electron chi connectivity index (χ3n) is 10.3. The molecule has 0 saturated carbocycles. The van der Waals surface area contributed by atoms with Gasteiger partial charge >= 0.3 is 0 Å². The molecule has 4 aliphatic rings. The van der Waals surface area contributed by atoms with E-state index in [0.29, 0.717) is 12.8 Å². The minimum atomic E-state index is -0.898. The first-order valence-electron chi connectivity index (χ1n) is 14.8. The molecule has 4 rings (SSSR count). The molecule has 4 saturated heterocycles. The number of aliphatic hydroxyl groups excluding tert-OH is 2. The maximum Gasteiger partial charge on any atom is 0.0921 e. The predicted octanol–water partition coefficient (Wildman–Crippen LogP) is 3.78. The van der Waals surface area contributed by atoms with Gasteiger partial charge in [0.05, 0.1) is 70.2 Å². The molecule has 8 nitrogen and oxygen atoms in total. The lowest BCUT2D eigenvalue weighted by atomic mass is 9.86. The normalized spacial score (nSPS) is 46.1. The van der Waals surface area contributed by atoms with Crippen molar-refractivity contribution in [2.24, 2.45) is 0 Å². The first-order valence-corrected chi connectivity index (χ1v) is 14.8. The van der Waals surface area contributed by atoms with E-state index >= 15 is 0 Å². The van der Waals surface area contributed by atoms with Gasteiger partial charge in [-0.2, -0.15) is 0 Å². The molecule has 4 N–H and O–H groups in total. The zero-order valence-electron chi connectivity index (χ0n) is 25.0. The Morgan fingerprint density at radius 1 is 0.605 bits per heavy atom. The molecule has 0 spiro atoms. The van der Waals surface area contributed by atoms with Crippen molar-refractivity contribution < 1.29 is 39.4 Å². The summed E-state index contributed by atoms with van der Waals surface area (Å²) < 4.78 is 25.5. The second-order valence-corrected chi connectivity index (χ2v) is 14.7. The van der Waals surface area contributed by atoms with Crippen molar-refractivity contribution in [3.8, 4) is 0 Å². The highest BCUT2D eigenvalue weighted by Gasteiger charge is 2.55. The fourth-order valence-corrected chi connectivity index (χ4v) is 7.19. The van der Waals surface area contributed by atoms with E-state index in [1.54, 1.807) is 27.7 Å². The van der Waals surface area contributed by atoms with Crippen LogP contribution in [0.2, 0.25) is 0 Å². The third-order valence-corrected chi connectivity index (χ3v) is 10.3. The van der Waals surface area contributed by atoms with E-state index in [4.69, 9.17) is 18.9 Å². The molecule has 8 heteroatoms. The van der Waals surface area contributed by atoms with Crippen LogP contribution in [-0.4, -0.2) is 90.7 Å².